The number of nitrogens with two attached hydrogens (primary N) is 1. The molecule has 0 radical (unpaired) electrons. The summed E-state index contributed by atoms with van der Waals surface area (Å²) in [6.07, 6.45) is 0. The van der Waals surface area contributed by atoms with E-state index in [-0.39, 0.29) is 18.8 Å². The summed E-state index contributed by atoms with van der Waals surface area (Å²) in [5.41, 5.74) is 3.27. The molecule has 0 aliphatic rings. The third-order valence-electron chi connectivity index (χ3n) is 2.66. The molecule has 0 aliphatic heterocycles. The van der Waals surface area contributed by atoms with Crippen molar-refractivity contribution in [1.29, 1.82) is 0 Å². The molecule has 1 aromatic carbocycles. The van der Waals surface area contributed by atoms with Crippen LogP contribution >= 0.6 is 11.6 Å². The number of ketones is 1. The van der Waals surface area contributed by atoms with Gasteiger partial charge in [0.2, 0.25) is 5.78 Å². The van der Waals surface area contributed by atoms with Crippen LogP contribution in [0.5, 0.6) is 0 Å². The highest BCUT2D eigenvalue weighted by Gasteiger charge is 2.52. The van der Waals surface area contributed by atoms with Gasteiger partial charge in [0, 0.05) is 10.6 Å². The van der Waals surface area contributed by atoms with Crippen LogP contribution in [0.1, 0.15) is 24.2 Å². The fraction of sp³-hybridized carbons (Fsp3) is 0.357. The number of rotatable bonds is 6. The summed E-state index contributed by atoms with van der Waals surface area (Å²) in [6, 6.07) is 5.63. The zero-order valence-electron chi connectivity index (χ0n) is 11.7. The molecule has 0 unspecified atom stereocenters. The lowest BCUT2D eigenvalue weighted by molar-refractivity contribution is -0.160. The molecule has 0 fully saturated rings. The summed E-state index contributed by atoms with van der Waals surface area (Å²) >= 11 is 5.73. The van der Waals surface area contributed by atoms with Crippen molar-refractivity contribution in [3.63, 3.8) is 0 Å². The quantitative estimate of drug-likeness (QED) is 0.484. The van der Waals surface area contributed by atoms with E-state index in [2.05, 4.69) is 0 Å². The first-order valence-electron chi connectivity index (χ1n) is 6.31. The molecule has 1 aromatic rings. The van der Waals surface area contributed by atoms with Gasteiger partial charge >= 0.3 is 11.9 Å². The van der Waals surface area contributed by atoms with Crippen LogP contribution in [-0.2, 0) is 19.1 Å². The number of Topliss-reactive ketones (excluding diaryl/α,β-unsaturated/α-hetero) is 1. The monoisotopic (exact) mass is 313 g/mol. The van der Waals surface area contributed by atoms with Crippen LogP contribution in [0, 0.1) is 0 Å². The van der Waals surface area contributed by atoms with Crippen LogP contribution in [0.4, 0.5) is 0 Å². The minimum absolute atomic E-state index is 0.0227. The van der Waals surface area contributed by atoms with Crippen molar-refractivity contribution < 1.29 is 23.9 Å². The van der Waals surface area contributed by atoms with Crippen LogP contribution in [0.15, 0.2) is 24.3 Å². The fourth-order valence-corrected chi connectivity index (χ4v) is 1.71. The zero-order chi connectivity index (χ0) is 16.0. The molecule has 0 aliphatic carbocycles. The molecule has 21 heavy (non-hydrogen) atoms. The van der Waals surface area contributed by atoms with Gasteiger partial charge in [0.15, 0.2) is 0 Å². The number of hydrogen-bond donors (Lipinski definition) is 1. The van der Waals surface area contributed by atoms with Crippen LogP contribution in [-0.4, -0.2) is 36.5 Å². The lowest BCUT2D eigenvalue weighted by Crippen LogP contribution is -2.62. The highest BCUT2D eigenvalue weighted by Crippen LogP contribution is 2.18. The minimum atomic E-state index is -2.53. The largest absolute Gasteiger partial charge is 0.464 e. The van der Waals surface area contributed by atoms with Crippen molar-refractivity contribution in [2.24, 2.45) is 5.73 Å². The Labute approximate surface area is 127 Å². The number of benzene rings is 1. The standard InChI is InChI=1S/C14H16ClNO5/c1-3-20-12(18)14(16,13(19)21-4-2)11(17)9-5-7-10(15)8-6-9/h5-8H,3-4,16H2,1-2H3. The molecule has 0 atom stereocenters. The minimum Gasteiger partial charge on any atom is -0.464 e. The third kappa shape index (κ3) is 3.59. The summed E-state index contributed by atoms with van der Waals surface area (Å²) in [7, 11) is 0. The van der Waals surface area contributed by atoms with E-state index in [0.717, 1.165) is 0 Å². The maximum atomic E-state index is 12.4. The average Bonchev–Trinajstić information content (AvgIpc) is 2.46. The van der Waals surface area contributed by atoms with Crippen LogP contribution in [0.3, 0.4) is 0 Å². The molecule has 0 saturated heterocycles. The lowest BCUT2D eigenvalue weighted by atomic mass is 9.90. The molecule has 7 heteroatoms. The highest BCUT2D eigenvalue weighted by atomic mass is 35.5. The molecule has 0 spiro atoms. The first-order valence-corrected chi connectivity index (χ1v) is 6.69. The van der Waals surface area contributed by atoms with E-state index in [1.165, 1.54) is 38.1 Å². The Morgan fingerprint density at radius 2 is 1.48 bits per heavy atom. The van der Waals surface area contributed by atoms with Gasteiger partial charge in [-0.3, -0.25) is 10.5 Å². The molecule has 0 bridgehead atoms. The second-order valence-electron chi connectivity index (χ2n) is 4.08. The lowest BCUT2D eigenvalue weighted by Gasteiger charge is -2.23. The number of ether oxygens (including phenoxy) is 2. The Hall–Kier alpha value is -1.92. The Kier molecular flexibility index (Phi) is 5.87. The number of carbonyl (C=O) groups is 3. The van der Waals surface area contributed by atoms with Gasteiger partial charge in [-0.1, -0.05) is 11.6 Å². The van der Waals surface area contributed by atoms with Crippen LogP contribution in [0.25, 0.3) is 0 Å². The fourth-order valence-electron chi connectivity index (χ4n) is 1.59. The first-order chi connectivity index (χ1) is 9.87. The van der Waals surface area contributed by atoms with Gasteiger partial charge in [0.1, 0.15) is 0 Å². The summed E-state index contributed by atoms with van der Waals surface area (Å²) < 4.78 is 9.46. The Bertz CT molecular complexity index is 523. The van der Waals surface area contributed by atoms with E-state index < -0.39 is 23.3 Å². The molecular weight excluding hydrogens is 298 g/mol. The molecule has 1 rings (SSSR count). The van der Waals surface area contributed by atoms with E-state index in [4.69, 9.17) is 26.8 Å². The van der Waals surface area contributed by atoms with Crippen molar-refractivity contribution in [3.8, 4) is 0 Å². The van der Waals surface area contributed by atoms with Gasteiger partial charge in [-0.15, -0.1) is 0 Å². The SMILES string of the molecule is CCOC(=O)C(N)(C(=O)OCC)C(=O)c1ccc(Cl)cc1. The van der Waals surface area contributed by atoms with Crippen molar-refractivity contribution >= 4 is 29.3 Å². The topological polar surface area (TPSA) is 95.7 Å². The van der Waals surface area contributed by atoms with Crippen molar-refractivity contribution in [1.82, 2.24) is 0 Å². The van der Waals surface area contributed by atoms with Crippen molar-refractivity contribution in [2.75, 3.05) is 13.2 Å². The smallest absolute Gasteiger partial charge is 0.346 e. The van der Waals surface area contributed by atoms with E-state index in [9.17, 15) is 14.4 Å². The molecule has 0 aromatic heterocycles. The van der Waals surface area contributed by atoms with Gasteiger partial charge in [0.25, 0.3) is 5.54 Å². The van der Waals surface area contributed by atoms with Gasteiger partial charge in [0.05, 0.1) is 13.2 Å². The van der Waals surface area contributed by atoms with Gasteiger partial charge in [-0.25, -0.2) is 9.59 Å². The summed E-state index contributed by atoms with van der Waals surface area (Å²) in [4.78, 5) is 36.4. The van der Waals surface area contributed by atoms with Gasteiger partial charge < -0.3 is 9.47 Å². The van der Waals surface area contributed by atoms with Crippen molar-refractivity contribution in [3.05, 3.63) is 34.9 Å². The van der Waals surface area contributed by atoms with Gasteiger partial charge in [-0.2, -0.15) is 0 Å². The second-order valence-corrected chi connectivity index (χ2v) is 4.52. The maximum absolute atomic E-state index is 12.4. The number of esters is 2. The van der Waals surface area contributed by atoms with E-state index >= 15 is 0 Å². The van der Waals surface area contributed by atoms with E-state index in [1.807, 2.05) is 0 Å². The second kappa shape index (κ2) is 7.19. The molecule has 2 N–H and O–H groups in total. The number of halogens is 1. The summed E-state index contributed by atoms with van der Waals surface area (Å²) in [6.45, 7) is 3.03. The van der Waals surface area contributed by atoms with Crippen LogP contribution < -0.4 is 5.73 Å². The number of carbonyl (C=O) groups excluding carboxylic acids is 3. The maximum Gasteiger partial charge on any atom is 0.346 e. The molecule has 0 saturated carbocycles. The summed E-state index contributed by atoms with van der Waals surface area (Å²) in [5, 5.41) is 0.404. The van der Waals surface area contributed by atoms with Crippen molar-refractivity contribution in [2.45, 2.75) is 19.4 Å². The molecular formula is C14H16ClNO5. The molecule has 0 amide bonds. The van der Waals surface area contributed by atoms with E-state index in [1.54, 1.807) is 0 Å². The Balaban J connectivity index is 3.22. The van der Waals surface area contributed by atoms with Crippen LogP contribution in [0.2, 0.25) is 5.02 Å². The van der Waals surface area contributed by atoms with E-state index in [0.29, 0.717) is 5.02 Å². The highest BCUT2D eigenvalue weighted by molar-refractivity contribution is 6.32. The molecule has 0 heterocycles. The zero-order valence-corrected chi connectivity index (χ0v) is 12.5. The molecule has 114 valence electrons. The predicted octanol–water partition coefficient (Wildman–Crippen LogP) is 1.35. The summed E-state index contributed by atoms with van der Waals surface area (Å²) in [5.74, 6) is -3.21. The average molecular weight is 314 g/mol. The first kappa shape index (κ1) is 17.1. The predicted molar refractivity (Wildman–Crippen MR) is 76.0 cm³/mol. The normalized spacial score (nSPS) is 10.9. The Morgan fingerprint density at radius 1 is 1.05 bits per heavy atom. The number of hydrogen-bond acceptors (Lipinski definition) is 6. The molecule has 6 nitrogen and oxygen atoms in total. The Morgan fingerprint density at radius 3 is 1.86 bits per heavy atom. The van der Waals surface area contributed by atoms with Gasteiger partial charge in [-0.05, 0) is 38.1 Å². The third-order valence-corrected chi connectivity index (χ3v) is 2.91.